The van der Waals surface area contributed by atoms with Crippen LogP contribution in [0.1, 0.15) is 41.4 Å². The number of nitrogens with zero attached hydrogens (tertiary/aromatic N) is 4. The molecule has 4 rings (SSSR count). The largest absolute Gasteiger partial charge is 0.377 e. The van der Waals surface area contributed by atoms with Gasteiger partial charge in [-0.15, -0.1) is 0 Å². The van der Waals surface area contributed by atoms with E-state index in [0.717, 1.165) is 40.1 Å². The minimum absolute atomic E-state index is 0.0275. The molecule has 30 heavy (non-hydrogen) atoms. The number of aryl methyl sites for hydroxylation is 2. The number of fused-ring (bicyclic) bond motifs is 1. The molecule has 1 amide bonds. The highest BCUT2D eigenvalue weighted by atomic mass is 16.1. The molecule has 0 aliphatic rings. The molecular formula is C23H24N6O. The molecule has 0 bridgehead atoms. The van der Waals surface area contributed by atoms with Crippen molar-refractivity contribution in [2.45, 2.75) is 33.4 Å². The number of pyridine rings is 2. The van der Waals surface area contributed by atoms with Gasteiger partial charge in [-0.25, -0.2) is 0 Å². The van der Waals surface area contributed by atoms with Crippen molar-refractivity contribution < 1.29 is 4.79 Å². The van der Waals surface area contributed by atoms with Gasteiger partial charge in [0.1, 0.15) is 5.52 Å². The first-order chi connectivity index (χ1) is 14.5. The molecule has 3 aromatic heterocycles. The first kappa shape index (κ1) is 19.6. The summed E-state index contributed by atoms with van der Waals surface area (Å²) < 4.78 is 1.93. The van der Waals surface area contributed by atoms with E-state index in [1.54, 1.807) is 18.6 Å². The van der Waals surface area contributed by atoms with Gasteiger partial charge in [0.25, 0.3) is 5.91 Å². The van der Waals surface area contributed by atoms with E-state index in [1.807, 2.05) is 48.1 Å². The summed E-state index contributed by atoms with van der Waals surface area (Å²) in [6.07, 6.45) is 6.89. The fraction of sp³-hybridized carbons (Fsp3) is 0.217. The van der Waals surface area contributed by atoms with Crippen LogP contribution in [0.25, 0.3) is 11.0 Å². The van der Waals surface area contributed by atoms with Gasteiger partial charge < -0.3 is 10.6 Å². The highest BCUT2D eigenvalue weighted by Crippen LogP contribution is 2.24. The zero-order valence-electron chi connectivity index (χ0n) is 17.3. The van der Waals surface area contributed by atoms with Gasteiger partial charge in [-0.2, -0.15) is 5.10 Å². The third kappa shape index (κ3) is 4.15. The minimum Gasteiger partial charge on any atom is -0.377 e. The Labute approximate surface area is 175 Å². The van der Waals surface area contributed by atoms with Gasteiger partial charge in [-0.3, -0.25) is 19.4 Å². The van der Waals surface area contributed by atoms with Crippen LogP contribution in [0, 0.1) is 6.92 Å². The van der Waals surface area contributed by atoms with Crippen LogP contribution in [0.5, 0.6) is 0 Å². The van der Waals surface area contributed by atoms with Crippen molar-refractivity contribution in [2.75, 3.05) is 10.6 Å². The first-order valence-corrected chi connectivity index (χ1v) is 9.94. The van der Waals surface area contributed by atoms with Crippen molar-refractivity contribution in [3.05, 3.63) is 77.9 Å². The molecule has 0 aliphatic carbocycles. The molecule has 1 atom stereocenters. The van der Waals surface area contributed by atoms with E-state index in [9.17, 15) is 4.79 Å². The molecule has 7 heteroatoms. The second-order valence-corrected chi connectivity index (χ2v) is 7.29. The number of nitrogens with one attached hydrogen (secondary N) is 2. The molecule has 4 aromatic rings. The summed E-state index contributed by atoms with van der Waals surface area (Å²) in [5, 5.41) is 10.8. The molecule has 3 heterocycles. The van der Waals surface area contributed by atoms with E-state index in [1.165, 1.54) is 0 Å². The quantitative estimate of drug-likeness (QED) is 0.495. The fourth-order valence-corrected chi connectivity index (χ4v) is 3.39. The third-order valence-electron chi connectivity index (χ3n) is 4.96. The van der Waals surface area contributed by atoms with Gasteiger partial charge >= 0.3 is 0 Å². The van der Waals surface area contributed by atoms with Crippen molar-refractivity contribution in [1.82, 2.24) is 19.7 Å². The number of aromatic nitrogens is 4. The molecule has 0 unspecified atom stereocenters. The van der Waals surface area contributed by atoms with Crippen molar-refractivity contribution in [3.63, 3.8) is 0 Å². The molecule has 152 valence electrons. The maximum absolute atomic E-state index is 12.5. The summed E-state index contributed by atoms with van der Waals surface area (Å²) in [5.41, 5.74) is 6.09. The standard InChI is InChI=1S/C23H24N6O/c1-4-29-22-10-20(13-25-21(22)14-26-29)27-16(3)17-6-5-7-19(9-17)28-23(30)18-8-15(2)11-24-12-18/h5-14,16,27H,4H2,1-3H3,(H,28,30)/t16-/m0/s1. The van der Waals surface area contributed by atoms with Gasteiger partial charge in [-0.1, -0.05) is 12.1 Å². The zero-order chi connectivity index (χ0) is 21.1. The summed E-state index contributed by atoms with van der Waals surface area (Å²) in [5.74, 6) is -0.175. The van der Waals surface area contributed by atoms with Crippen LogP contribution in [0.15, 0.2) is 61.2 Å². The van der Waals surface area contributed by atoms with Crippen LogP contribution >= 0.6 is 0 Å². The summed E-state index contributed by atoms with van der Waals surface area (Å²) in [6, 6.07) is 11.7. The third-order valence-corrected chi connectivity index (χ3v) is 4.96. The zero-order valence-corrected chi connectivity index (χ0v) is 17.3. The molecule has 2 N–H and O–H groups in total. The monoisotopic (exact) mass is 400 g/mol. The molecule has 0 aliphatic heterocycles. The van der Waals surface area contributed by atoms with E-state index in [2.05, 4.69) is 45.6 Å². The molecule has 0 spiro atoms. The predicted octanol–water partition coefficient (Wildman–Crippen LogP) is 4.58. The number of amides is 1. The predicted molar refractivity (Wildman–Crippen MR) is 119 cm³/mol. The van der Waals surface area contributed by atoms with E-state index < -0.39 is 0 Å². The molecule has 0 radical (unpaired) electrons. The Hall–Kier alpha value is -3.74. The van der Waals surface area contributed by atoms with Gasteiger partial charge in [-0.05, 0) is 56.2 Å². The normalized spacial score (nSPS) is 12.0. The van der Waals surface area contributed by atoms with E-state index in [0.29, 0.717) is 5.56 Å². The number of anilines is 2. The summed E-state index contributed by atoms with van der Waals surface area (Å²) >= 11 is 0. The number of benzene rings is 1. The van der Waals surface area contributed by atoms with Crippen molar-refractivity contribution >= 4 is 28.3 Å². The van der Waals surface area contributed by atoms with Crippen LogP contribution in [0.2, 0.25) is 0 Å². The number of hydrogen-bond donors (Lipinski definition) is 2. The van der Waals surface area contributed by atoms with Crippen LogP contribution in [0.3, 0.4) is 0 Å². The lowest BCUT2D eigenvalue weighted by molar-refractivity contribution is 0.102. The second kappa shape index (κ2) is 8.32. The van der Waals surface area contributed by atoms with Gasteiger partial charge in [0.2, 0.25) is 0 Å². The number of carbonyl (C=O) groups excluding carboxylic acids is 1. The fourth-order valence-electron chi connectivity index (χ4n) is 3.39. The summed E-state index contributed by atoms with van der Waals surface area (Å²) in [4.78, 5) is 21.1. The van der Waals surface area contributed by atoms with Crippen LogP contribution in [0.4, 0.5) is 11.4 Å². The maximum Gasteiger partial charge on any atom is 0.257 e. The summed E-state index contributed by atoms with van der Waals surface area (Å²) in [6.45, 7) is 6.84. The van der Waals surface area contributed by atoms with E-state index >= 15 is 0 Å². The Morgan fingerprint density at radius 1 is 1.10 bits per heavy atom. The minimum atomic E-state index is -0.175. The molecule has 0 saturated carbocycles. The van der Waals surface area contributed by atoms with Crippen LogP contribution in [-0.2, 0) is 6.54 Å². The molecule has 0 fully saturated rings. The van der Waals surface area contributed by atoms with Gasteiger partial charge in [0, 0.05) is 30.7 Å². The topological polar surface area (TPSA) is 84.7 Å². The van der Waals surface area contributed by atoms with E-state index in [-0.39, 0.29) is 11.9 Å². The van der Waals surface area contributed by atoms with Crippen LogP contribution in [-0.4, -0.2) is 25.7 Å². The Morgan fingerprint density at radius 3 is 2.77 bits per heavy atom. The second-order valence-electron chi connectivity index (χ2n) is 7.29. The molecule has 1 aromatic carbocycles. The Balaban J connectivity index is 1.49. The maximum atomic E-state index is 12.5. The molecular weight excluding hydrogens is 376 g/mol. The van der Waals surface area contributed by atoms with Crippen molar-refractivity contribution in [3.8, 4) is 0 Å². The highest BCUT2D eigenvalue weighted by Gasteiger charge is 2.11. The number of carbonyl (C=O) groups is 1. The van der Waals surface area contributed by atoms with Crippen molar-refractivity contribution in [2.24, 2.45) is 0 Å². The Bertz CT molecular complexity index is 1200. The van der Waals surface area contributed by atoms with Gasteiger partial charge in [0.05, 0.1) is 29.2 Å². The van der Waals surface area contributed by atoms with E-state index in [4.69, 9.17) is 0 Å². The van der Waals surface area contributed by atoms with Gasteiger partial charge in [0.15, 0.2) is 0 Å². The highest BCUT2D eigenvalue weighted by molar-refractivity contribution is 6.04. The first-order valence-electron chi connectivity index (χ1n) is 9.94. The Kier molecular flexibility index (Phi) is 5.43. The molecule has 0 saturated heterocycles. The molecule has 7 nitrogen and oxygen atoms in total. The number of rotatable bonds is 6. The lowest BCUT2D eigenvalue weighted by Crippen LogP contribution is -2.13. The number of hydrogen-bond acceptors (Lipinski definition) is 5. The van der Waals surface area contributed by atoms with Crippen LogP contribution < -0.4 is 10.6 Å². The smallest absolute Gasteiger partial charge is 0.257 e. The lowest BCUT2D eigenvalue weighted by atomic mass is 10.1. The SMILES string of the molecule is CCn1ncc2ncc(N[C@@H](C)c3cccc(NC(=O)c4cncc(C)c4)c3)cc21. The summed E-state index contributed by atoms with van der Waals surface area (Å²) in [7, 11) is 0. The Morgan fingerprint density at radius 2 is 1.97 bits per heavy atom. The lowest BCUT2D eigenvalue weighted by Gasteiger charge is -2.17. The average molecular weight is 400 g/mol. The average Bonchev–Trinajstić information content (AvgIpc) is 3.16. The van der Waals surface area contributed by atoms with Crippen molar-refractivity contribution in [1.29, 1.82) is 0 Å².